The van der Waals surface area contributed by atoms with E-state index in [1.165, 1.54) is 7.11 Å². The zero-order valence-corrected chi connectivity index (χ0v) is 9.29. The van der Waals surface area contributed by atoms with E-state index in [0.717, 1.165) is 0 Å². The first kappa shape index (κ1) is 11.6. The molecule has 0 radical (unpaired) electrons. The smallest absolute Gasteiger partial charge is 0.186 e. The van der Waals surface area contributed by atoms with Crippen molar-refractivity contribution in [1.82, 2.24) is 0 Å². The minimum absolute atomic E-state index is 0.496. The molecule has 0 aromatic carbocycles. The molecule has 0 bridgehead atoms. The van der Waals surface area contributed by atoms with Crippen molar-refractivity contribution in [2.75, 3.05) is 11.5 Å². The molecule has 78 valence electrons. The number of aliphatic hydroxyl groups excluding tert-OH is 3. The van der Waals surface area contributed by atoms with E-state index in [1.807, 2.05) is 22.6 Å². The number of rotatable bonds is 2. The van der Waals surface area contributed by atoms with Crippen molar-refractivity contribution in [2.24, 2.45) is 0 Å². The fourth-order valence-electron chi connectivity index (χ4n) is 1.24. The molecule has 6 heteroatoms. The van der Waals surface area contributed by atoms with Gasteiger partial charge in [-0.3, -0.25) is 0 Å². The Morgan fingerprint density at radius 1 is 1.23 bits per heavy atom. The average molecular weight is 304 g/mol. The number of hydrogen-bond acceptors (Lipinski definition) is 5. The lowest BCUT2D eigenvalue weighted by Crippen LogP contribution is -2.58. The molecule has 13 heavy (non-hydrogen) atoms. The van der Waals surface area contributed by atoms with Crippen molar-refractivity contribution < 1.29 is 24.8 Å². The van der Waals surface area contributed by atoms with Gasteiger partial charge in [0.25, 0.3) is 0 Å². The minimum Gasteiger partial charge on any atom is -0.388 e. The van der Waals surface area contributed by atoms with Gasteiger partial charge < -0.3 is 24.8 Å². The maximum absolute atomic E-state index is 9.43. The number of ether oxygens (including phenoxy) is 2. The highest BCUT2D eigenvalue weighted by Crippen LogP contribution is 2.22. The second-order valence-electron chi connectivity index (χ2n) is 2.90. The third kappa shape index (κ3) is 2.31. The first-order chi connectivity index (χ1) is 6.11. The van der Waals surface area contributed by atoms with E-state index in [9.17, 15) is 15.3 Å². The van der Waals surface area contributed by atoms with Crippen LogP contribution in [0, 0.1) is 0 Å². The molecule has 1 rings (SSSR count). The molecule has 1 aliphatic rings. The average Bonchev–Trinajstić information content (AvgIpc) is 2.15. The zero-order valence-electron chi connectivity index (χ0n) is 7.13. The second kappa shape index (κ2) is 4.85. The van der Waals surface area contributed by atoms with E-state index in [2.05, 4.69) is 0 Å². The molecule has 1 fully saturated rings. The van der Waals surface area contributed by atoms with Crippen molar-refractivity contribution in [3.8, 4) is 0 Å². The summed E-state index contributed by atoms with van der Waals surface area (Å²) in [6.45, 7) is 0. The summed E-state index contributed by atoms with van der Waals surface area (Å²) in [6, 6.07) is 0. The fourth-order valence-corrected chi connectivity index (χ4v) is 1.97. The number of alkyl halides is 1. The lowest BCUT2D eigenvalue weighted by molar-refractivity contribution is -0.284. The predicted octanol–water partition coefficient (Wildman–Crippen LogP) is -1.12. The monoisotopic (exact) mass is 304 g/mol. The molecule has 5 atom stereocenters. The molecule has 0 saturated carbocycles. The summed E-state index contributed by atoms with van der Waals surface area (Å²) in [4.78, 5) is 0. The highest BCUT2D eigenvalue weighted by atomic mass is 127. The third-order valence-corrected chi connectivity index (χ3v) is 2.92. The number of aliphatic hydroxyl groups is 3. The van der Waals surface area contributed by atoms with Crippen LogP contribution in [0.25, 0.3) is 0 Å². The van der Waals surface area contributed by atoms with Gasteiger partial charge in [-0.25, -0.2) is 0 Å². The van der Waals surface area contributed by atoms with Gasteiger partial charge in [0.2, 0.25) is 0 Å². The Kier molecular flexibility index (Phi) is 4.33. The summed E-state index contributed by atoms with van der Waals surface area (Å²) in [5.41, 5.74) is 0. The molecular formula is C7H13IO5. The van der Waals surface area contributed by atoms with E-state index in [1.54, 1.807) is 0 Å². The van der Waals surface area contributed by atoms with Crippen LogP contribution in [0.3, 0.4) is 0 Å². The Morgan fingerprint density at radius 3 is 2.31 bits per heavy atom. The summed E-state index contributed by atoms with van der Waals surface area (Å²) < 4.78 is 10.5. The molecule has 5 nitrogen and oxygen atoms in total. The van der Waals surface area contributed by atoms with Crippen LogP contribution in [0.5, 0.6) is 0 Å². The minimum atomic E-state index is -1.21. The van der Waals surface area contributed by atoms with Crippen molar-refractivity contribution >= 4 is 22.6 Å². The first-order valence-electron chi connectivity index (χ1n) is 3.90. The standard InChI is InChI=1S/C7H13IO5/c1-12-7-6(11)5(10)4(9)3(2-8)13-7/h3-7,9-11H,2H2,1H3. The SMILES string of the molecule is COC1OC(CI)C(O)C(O)C1O. The van der Waals surface area contributed by atoms with Gasteiger partial charge in [-0.15, -0.1) is 0 Å². The summed E-state index contributed by atoms with van der Waals surface area (Å²) in [6.07, 6.45) is -4.82. The van der Waals surface area contributed by atoms with Crippen molar-refractivity contribution in [3.05, 3.63) is 0 Å². The van der Waals surface area contributed by atoms with Gasteiger partial charge in [0.1, 0.15) is 18.3 Å². The molecule has 0 aliphatic carbocycles. The van der Waals surface area contributed by atoms with Gasteiger partial charge in [0, 0.05) is 11.5 Å². The molecule has 0 aromatic rings. The van der Waals surface area contributed by atoms with Crippen molar-refractivity contribution in [1.29, 1.82) is 0 Å². The normalized spacial score (nSPS) is 46.4. The summed E-state index contributed by atoms with van der Waals surface area (Å²) in [5, 5.41) is 28.2. The Labute approximate surface area is 89.8 Å². The Hall–Kier alpha value is 0.530. The molecule has 1 aliphatic heterocycles. The van der Waals surface area contributed by atoms with Crippen LogP contribution in [0.4, 0.5) is 0 Å². The zero-order chi connectivity index (χ0) is 10.0. The van der Waals surface area contributed by atoms with E-state index in [0.29, 0.717) is 4.43 Å². The largest absolute Gasteiger partial charge is 0.388 e. The van der Waals surface area contributed by atoms with E-state index in [4.69, 9.17) is 9.47 Å². The van der Waals surface area contributed by atoms with Crippen LogP contribution in [0.1, 0.15) is 0 Å². The van der Waals surface area contributed by atoms with E-state index < -0.39 is 30.7 Å². The summed E-state index contributed by atoms with van der Waals surface area (Å²) in [7, 11) is 1.38. The van der Waals surface area contributed by atoms with Crippen LogP contribution in [0.15, 0.2) is 0 Å². The molecule has 1 heterocycles. The Bertz CT molecular complexity index is 147. The van der Waals surface area contributed by atoms with Crippen LogP contribution < -0.4 is 0 Å². The van der Waals surface area contributed by atoms with Crippen molar-refractivity contribution in [2.45, 2.75) is 30.7 Å². The highest BCUT2D eigenvalue weighted by molar-refractivity contribution is 14.1. The fraction of sp³-hybridized carbons (Fsp3) is 1.00. The molecule has 0 aromatic heterocycles. The van der Waals surface area contributed by atoms with Crippen LogP contribution in [-0.2, 0) is 9.47 Å². The molecule has 0 amide bonds. The lowest BCUT2D eigenvalue weighted by atomic mass is 10.0. The van der Waals surface area contributed by atoms with Crippen LogP contribution in [0.2, 0.25) is 0 Å². The second-order valence-corrected chi connectivity index (χ2v) is 3.79. The Morgan fingerprint density at radius 2 is 1.85 bits per heavy atom. The van der Waals surface area contributed by atoms with Crippen LogP contribution in [-0.4, -0.2) is 57.6 Å². The molecule has 3 N–H and O–H groups in total. The molecular weight excluding hydrogens is 291 g/mol. The van der Waals surface area contributed by atoms with Gasteiger partial charge in [-0.2, -0.15) is 0 Å². The summed E-state index contributed by atoms with van der Waals surface area (Å²) in [5.74, 6) is 0. The first-order valence-corrected chi connectivity index (χ1v) is 5.42. The van der Waals surface area contributed by atoms with Crippen LogP contribution >= 0.6 is 22.6 Å². The topological polar surface area (TPSA) is 79.2 Å². The number of methoxy groups -OCH3 is 1. The summed E-state index contributed by atoms with van der Waals surface area (Å²) >= 11 is 2.03. The van der Waals surface area contributed by atoms with E-state index >= 15 is 0 Å². The van der Waals surface area contributed by atoms with Gasteiger partial charge in [-0.1, -0.05) is 22.6 Å². The van der Waals surface area contributed by atoms with E-state index in [-0.39, 0.29) is 0 Å². The lowest BCUT2D eigenvalue weighted by Gasteiger charge is -2.39. The molecule has 0 spiro atoms. The maximum atomic E-state index is 9.43. The number of hydrogen-bond donors (Lipinski definition) is 3. The van der Waals surface area contributed by atoms with Gasteiger partial charge in [0.05, 0.1) is 6.10 Å². The molecule has 5 unspecified atom stereocenters. The number of halogens is 1. The maximum Gasteiger partial charge on any atom is 0.186 e. The van der Waals surface area contributed by atoms with Crippen molar-refractivity contribution in [3.63, 3.8) is 0 Å². The predicted molar refractivity (Wildman–Crippen MR) is 52.6 cm³/mol. The Balaban J connectivity index is 2.66. The van der Waals surface area contributed by atoms with Gasteiger partial charge >= 0.3 is 0 Å². The highest BCUT2D eigenvalue weighted by Gasteiger charge is 2.43. The van der Waals surface area contributed by atoms with Gasteiger partial charge in [0.15, 0.2) is 6.29 Å². The van der Waals surface area contributed by atoms with Gasteiger partial charge in [-0.05, 0) is 0 Å². The molecule has 1 saturated heterocycles. The quantitative estimate of drug-likeness (QED) is 0.445. The third-order valence-electron chi connectivity index (χ3n) is 2.05.